The highest BCUT2D eigenvalue weighted by Gasteiger charge is 2.27. The van der Waals surface area contributed by atoms with Crippen molar-refractivity contribution in [2.45, 2.75) is 58.2 Å². The highest BCUT2D eigenvalue weighted by Crippen LogP contribution is 2.33. The second kappa shape index (κ2) is 11.3. The normalized spacial score (nSPS) is 18.8. The Bertz CT molecular complexity index is 859. The van der Waals surface area contributed by atoms with E-state index in [0.29, 0.717) is 18.8 Å². The molecule has 0 spiro atoms. The Morgan fingerprint density at radius 3 is 2.23 bits per heavy atom. The number of carboxylic acid groups (broad SMARTS) is 1. The van der Waals surface area contributed by atoms with E-state index in [9.17, 15) is 13.6 Å². The van der Waals surface area contributed by atoms with Gasteiger partial charge in [0.1, 0.15) is 0 Å². The average molecular weight is 433 g/mol. The molecule has 1 fully saturated rings. The quantitative estimate of drug-likeness (QED) is 0.422. The first kappa shape index (κ1) is 23.4. The van der Waals surface area contributed by atoms with Crippen LogP contribution in [0.3, 0.4) is 0 Å². The molecule has 0 atom stereocenters. The fourth-order valence-electron chi connectivity index (χ4n) is 3.86. The summed E-state index contributed by atoms with van der Waals surface area (Å²) in [5.41, 5.74) is 0.592. The standard InChI is InChI=1S/C25H30F2O4/c1-2-3-4-5-6-7-8-17-15-30-25(31-16-17)21-14-13-20(22(26)23(21)27)18-9-11-19(12-10-18)24(28)29/h9-14,17,25H,2-8,15-16H2,1H3,(H,28,29). The minimum Gasteiger partial charge on any atom is -0.478 e. The van der Waals surface area contributed by atoms with Crippen molar-refractivity contribution < 1.29 is 28.2 Å². The molecule has 0 unspecified atom stereocenters. The maximum atomic E-state index is 14.8. The molecule has 0 bridgehead atoms. The van der Waals surface area contributed by atoms with Crippen LogP contribution in [0.15, 0.2) is 36.4 Å². The molecule has 1 aliphatic heterocycles. The van der Waals surface area contributed by atoms with Gasteiger partial charge >= 0.3 is 5.97 Å². The molecule has 1 heterocycles. The minimum atomic E-state index is -1.07. The van der Waals surface area contributed by atoms with E-state index in [2.05, 4.69) is 6.92 Å². The lowest BCUT2D eigenvalue weighted by molar-refractivity contribution is -0.207. The SMILES string of the molecule is CCCCCCCCC1COC(c2ccc(-c3ccc(C(=O)O)cc3)c(F)c2F)OC1. The van der Waals surface area contributed by atoms with E-state index in [1.807, 2.05) is 0 Å². The summed E-state index contributed by atoms with van der Waals surface area (Å²) in [6, 6.07) is 8.58. The van der Waals surface area contributed by atoms with Crippen molar-refractivity contribution in [2.75, 3.05) is 13.2 Å². The molecule has 6 heteroatoms. The Morgan fingerprint density at radius 1 is 0.935 bits per heavy atom. The molecule has 2 aromatic rings. The van der Waals surface area contributed by atoms with Crippen LogP contribution in [0.1, 0.15) is 74.1 Å². The molecule has 31 heavy (non-hydrogen) atoms. The van der Waals surface area contributed by atoms with Crippen LogP contribution in [0.4, 0.5) is 8.78 Å². The number of benzene rings is 2. The molecule has 168 valence electrons. The summed E-state index contributed by atoms with van der Waals surface area (Å²) in [6.07, 6.45) is 7.48. The third-order valence-corrected chi connectivity index (χ3v) is 5.74. The van der Waals surface area contributed by atoms with E-state index in [1.165, 1.54) is 68.5 Å². The zero-order valence-electron chi connectivity index (χ0n) is 17.9. The van der Waals surface area contributed by atoms with Gasteiger partial charge in [-0.3, -0.25) is 0 Å². The van der Waals surface area contributed by atoms with Crippen LogP contribution in [-0.2, 0) is 9.47 Å². The molecular weight excluding hydrogens is 402 g/mol. The second-order valence-corrected chi connectivity index (χ2v) is 8.13. The topological polar surface area (TPSA) is 55.8 Å². The smallest absolute Gasteiger partial charge is 0.335 e. The van der Waals surface area contributed by atoms with Gasteiger partial charge in [0, 0.05) is 17.0 Å². The van der Waals surface area contributed by atoms with E-state index in [1.54, 1.807) is 0 Å². The zero-order valence-corrected chi connectivity index (χ0v) is 17.9. The van der Waals surface area contributed by atoms with Crippen molar-refractivity contribution in [2.24, 2.45) is 5.92 Å². The number of aromatic carboxylic acids is 1. The van der Waals surface area contributed by atoms with Gasteiger partial charge in [0.05, 0.1) is 18.8 Å². The van der Waals surface area contributed by atoms with E-state index in [-0.39, 0.29) is 22.6 Å². The summed E-state index contributed by atoms with van der Waals surface area (Å²) in [4.78, 5) is 11.0. The number of hydrogen-bond donors (Lipinski definition) is 1. The Labute approximate surface area is 182 Å². The lowest BCUT2D eigenvalue weighted by Crippen LogP contribution is -2.27. The van der Waals surface area contributed by atoms with Crippen molar-refractivity contribution in [3.8, 4) is 11.1 Å². The van der Waals surface area contributed by atoms with Crippen LogP contribution in [0, 0.1) is 17.6 Å². The lowest BCUT2D eigenvalue weighted by Gasteiger charge is -2.30. The first-order valence-electron chi connectivity index (χ1n) is 11.1. The average Bonchev–Trinajstić information content (AvgIpc) is 2.78. The number of hydrogen-bond acceptors (Lipinski definition) is 3. The van der Waals surface area contributed by atoms with Crippen LogP contribution in [0.5, 0.6) is 0 Å². The molecule has 0 aliphatic carbocycles. The van der Waals surface area contributed by atoms with Gasteiger partial charge in [-0.05, 0) is 24.1 Å². The highest BCUT2D eigenvalue weighted by molar-refractivity contribution is 5.88. The molecule has 0 amide bonds. The molecule has 0 aromatic heterocycles. The first-order valence-corrected chi connectivity index (χ1v) is 11.1. The lowest BCUT2D eigenvalue weighted by atomic mass is 9.99. The van der Waals surface area contributed by atoms with E-state index in [4.69, 9.17) is 14.6 Å². The van der Waals surface area contributed by atoms with Gasteiger partial charge in [-0.2, -0.15) is 0 Å². The van der Waals surface area contributed by atoms with Gasteiger partial charge in [-0.25, -0.2) is 13.6 Å². The summed E-state index contributed by atoms with van der Waals surface area (Å²) in [5, 5.41) is 8.97. The van der Waals surface area contributed by atoms with Gasteiger partial charge in [0.2, 0.25) is 0 Å². The van der Waals surface area contributed by atoms with Crippen molar-refractivity contribution in [3.05, 3.63) is 59.2 Å². The Morgan fingerprint density at radius 2 is 1.58 bits per heavy atom. The maximum Gasteiger partial charge on any atom is 0.335 e. The van der Waals surface area contributed by atoms with Gasteiger partial charge in [0.25, 0.3) is 0 Å². The molecule has 1 N–H and O–H groups in total. The molecule has 2 aromatic carbocycles. The fraction of sp³-hybridized carbons (Fsp3) is 0.480. The monoisotopic (exact) mass is 432 g/mol. The second-order valence-electron chi connectivity index (χ2n) is 8.13. The van der Waals surface area contributed by atoms with E-state index >= 15 is 0 Å². The van der Waals surface area contributed by atoms with Crippen LogP contribution in [-0.4, -0.2) is 24.3 Å². The van der Waals surface area contributed by atoms with Gasteiger partial charge in [0.15, 0.2) is 17.9 Å². The number of ether oxygens (including phenoxy) is 2. The number of carbonyl (C=O) groups is 1. The van der Waals surface area contributed by atoms with Crippen LogP contribution in [0.25, 0.3) is 11.1 Å². The van der Waals surface area contributed by atoms with Crippen molar-refractivity contribution >= 4 is 5.97 Å². The van der Waals surface area contributed by atoms with Crippen molar-refractivity contribution in [3.63, 3.8) is 0 Å². The number of carboxylic acids is 1. The fourth-order valence-corrected chi connectivity index (χ4v) is 3.86. The summed E-state index contributed by atoms with van der Waals surface area (Å²) in [5.74, 6) is -2.79. The summed E-state index contributed by atoms with van der Waals surface area (Å²) in [7, 11) is 0. The molecule has 0 radical (unpaired) electrons. The Balaban J connectivity index is 1.57. The van der Waals surface area contributed by atoms with Crippen LogP contribution >= 0.6 is 0 Å². The molecule has 1 aliphatic rings. The summed E-state index contributed by atoms with van der Waals surface area (Å²) < 4.78 is 40.9. The van der Waals surface area contributed by atoms with Gasteiger partial charge in [-0.1, -0.05) is 69.7 Å². The Kier molecular flexibility index (Phi) is 8.55. The van der Waals surface area contributed by atoms with Crippen LogP contribution in [0.2, 0.25) is 0 Å². The number of unbranched alkanes of at least 4 members (excludes halogenated alkanes) is 5. The third-order valence-electron chi connectivity index (χ3n) is 5.74. The Hall–Kier alpha value is -2.31. The van der Waals surface area contributed by atoms with Gasteiger partial charge < -0.3 is 14.6 Å². The largest absolute Gasteiger partial charge is 0.478 e. The molecule has 0 saturated carbocycles. The highest BCUT2D eigenvalue weighted by atomic mass is 19.2. The summed E-state index contributed by atoms with van der Waals surface area (Å²) >= 11 is 0. The van der Waals surface area contributed by atoms with E-state index in [0.717, 1.165) is 12.8 Å². The minimum absolute atomic E-state index is 0.0430. The molecular formula is C25H30F2O4. The van der Waals surface area contributed by atoms with Gasteiger partial charge in [-0.15, -0.1) is 0 Å². The predicted octanol–water partition coefficient (Wildman–Crippen LogP) is 6.74. The predicted molar refractivity (Wildman–Crippen MR) is 115 cm³/mol. The summed E-state index contributed by atoms with van der Waals surface area (Å²) in [6.45, 7) is 3.14. The number of rotatable bonds is 10. The maximum absolute atomic E-state index is 14.8. The third kappa shape index (κ3) is 6.11. The molecule has 3 rings (SSSR count). The number of halogens is 2. The zero-order chi connectivity index (χ0) is 22.2. The van der Waals surface area contributed by atoms with Crippen molar-refractivity contribution in [1.29, 1.82) is 0 Å². The molecule has 4 nitrogen and oxygen atoms in total. The van der Waals surface area contributed by atoms with Crippen molar-refractivity contribution in [1.82, 2.24) is 0 Å². The molecule has 1 saturated heterocycles. The van der Waals surface area contributed by atoms with Crippen LogP contribution < -0.4 is 0 Å². The first-order chi connectivity index (χ1) is 15.0. The van der Waals surface area contributed by atoms with E-state index < -0.39 is 23.9 Å².